The molecule has 2 amide bonds. The molecule has 0 unspecified atom stereocenters. The van der Waals surface area contributed by atoms with Gasteiger partial charge in [-0.1, -0.05) is 30.3 Å². The average molecular weight is 478 g/mol. The molecule has 0 radical (unpaired) electrons. The van der Waals surface area contributed by atoms with Crippen LogP contribution in [0.4, 0.5) is 5.69 Å². The van der Waals surface area contributed by atoms with Crippen molar-refractivity contribution >= 4 is 40.4 Å². The molecule has 9 heteroatoms. The zero-order valence-corrected chi connectivity index (χ0v) is 19.7. The molecule has 0 aliphatic carbocycles. The maximum Gasteiger partial charge on any atom is 0.338 e. The van der Waals surface area contributed by atoms with Crippen molar-refractivity contribution in [2.75, 3.05) is 19.0 Å². The quantitative estimate of drug-likeness (QED) is 0.631. The number of anilines is 1. The van der Waals surface area contributed by atoms with Crippen LogP contribution in [0.2, 0.25) is 0 Å². The van der Waals surface area contributed by atoms with E-state index >= 15 is 0 Å². The Kier molecular flexibility index (Phi) is 6.83. The number of allylic oxidation sites excluding steroid dienone is 1. The van der Waals surface area contributed by atoms with E-state index in [9.17, 15) is 14.4 Å². The molecule has 0 aromatic heterocycles. The number of para-hydroxylation sites is 1. The summed E-state index contributed by atoms with van der Waals surface area (Å²) in [6.07, 6.45) is 1.27. The van der Waals surface area contributed by atoms with Crippen molar-refractivity contribution in [2.24, 2.45) is 4.99 Å². The van der Waals surface area contributed by atoms with Crippen LogP contribution in [0.5, 0.6) is 5.75 Å². The Morgan fingerprint density at radius 2 is 1.82 bits per heavy atom. The molecule has 1 N–H and O–H groups in total. The van der Waals surface area contributed by atoms with Gasteiger partial charge >= 0.3 is 5.97 Å². The van der Waals surface area contributed by atoms with Crippen molar-refractivity contribution < 1.29 is 23.9 Å². The van der Waals surface area contributed by atoms with Gasteiger partial charge in [-0.05, 0) is 55.4 Å². The number of hydrogen-bond acceptors (Lipinski definition) is 7. The van der Waals surface area contributed by atoms with Crippen LogP contribution in [0.25, 0.3) is 0 Å². The Balaban J connectivity index is 1.73. The highest BCUT2D eigenvalue weighted by Crippen LogP contribution is 2.42. The molecule has 2 aromatic rings. The lowest BCUT2D eigenvalue weighted by molar-refractivity contribution is -0.139. The zero-order valence-electron chi connectivity index (χ0n) is 18.9. The second-order valence-corrected chi connectivity index (χ2v) is 8.44. The Hall–Kier alpha value is -3.85. The van der Waals surface area contributed by atoms with E-state index in [-0.39, 0.29) is 17.1 Å². The smallest absolute Gasteiger partial charge is 0.338 e. The number of fused-ring (bicyclic) bond motifs is 1. The molecule has 2 aliphatic rings. The lowest BCUT2D eigenvalue weighted by atomic mass is 9.94. The summed E-state index contributed by atoms with van der Waals surface area (Å²) < 4.78 is 10.5. The fraction of sp³-hybridized carbons (Fsp3) is 0.200. The molecule has 1 atom stereocenters. The van der Waals surface area contributed by atoms with Gasteiger partial charge in [-0.3, -0.25) is 14.5 Å². The zero-order chi connectivity index (χ0) is 24.2. The second-order valence-electron chi connectivity index (χ2n) is 7.43. The lowest BCUT2D eigenvalue weighted by Gasteiger charge is -2.38. The number of methoxy groups -OCH3 is 1. The van der Waals surface area contributed by atoms with E-state index in [1.165, 1.54) is 11.0 Å². The molecule has 0 fully saturated rings. The van der Waals surface area contributed by atoms with E-state index in [1.54, 1.807) is 69.5 Å². The van der Waals surface area contributed by atoms with Gasteiger partial charge < -0.3 is 14.8 Å². The van der Waals surface area contributed by atoms with Gasteiger partial charge in [-0.25, -0.2) is 9.79 Å². The molecule has 0 saturated carbocycles. The molecule has 0 spiro atoms. The number of nitrogens with zero attached hydrogens (tertiary/aromatic N) is 2. The number of esters is 1. The van der Waals surface area contributed by atoms with E-state index in [0.717, 1.165) is 11.8 Å². The van der Waals surface area contributed by atoms with Crippen LogP contribution < -0.4 is 10.1 Å². The van der Waals surface area contributed by atoms with Crippen LogP contribution >= 0.6 is 11.8 Å². The van der Waals surface area contributed by atoms with Crippen LogP contribution in [0, 0.1) is 0 Å². The molecule has 2 aromatic carbocycles. The number of nitrogens with one attached hydrogen (secondary N) is 1. The molecule has 34 heavy (non-hydrogen) atoms. The second kappa shape index (κ2) is 9.96. The highest BCUT2D eigenvalue weighted by atomic mass is 32.2. The van der Waals surface area contributed by atoms with Crippen LogP contribution in [-0.4, -0.2) is 41.6 Å². The van der Waals surface area contributed by atoms with Crippen molar-refractivity contribution in [1.29, 1.82) is 0 Å². The van der Waals surface area contributed by atoms with Crippen molar-refractivity contribution in [3.05, 3.63) is 82.4 Å². The van der Waals surface area contributed by atoms with Crippen molar-refractivity contribution in [3.8, 4) is 5.75 Å². The van der Waals surface area contributed by atoms with Gasteiger partial charge in [-0.2, -0.15) is 0 Å². The first kappa shape index (κ1) is 23.3. The van der Waals surface area contributed by atoms with E-state index in [1.807, 2.05) is 6.07 Å². The number of benzene rings is 2. The summed E-state index contributed by atoms with van der Waals surface area (Å²) in [5.41, 5.74) is 2.01. The normalized spacial score (nSPS) is 17.4. The summed E-state index contributed by atoms with van der Waals surface area (Å²) in [7, 11) is 1.56. The molecular formula is C25H23N3O5S. The third-order valence-corrected chi connectivity index (χ3v) is 6.26. The maximum atomic E-state index is 13.3. The molecular weight excluding hydrogens is 454 g/mol. The number of carbonyl (C=O) groups is 3. The fourth-order valence-corrected chi connectivity index (χ4v) is 4.67. The maximum absolute atomic E-state index is 13.3. The number of ether oxygens (including phenoxy) is 2. The van der Waals surface area contributed by atoms with Crippen LogP contribution in [0.15, 0.2) is 81.8 Å². The van der Waals surface area contributed by atoms with Crippen molar-refractivity contribution in [3.63, 3.8) is 0 Å². The molecule has 8 nitrogen and oxygen atoms in total. The summed E-state index contributed by atoms with van der Waals surface area (Å²) in [6, 6.07) is 15.3. The van der Waals surface area contributed by atoms with Gasteiger partial charge in [0.05, 0.1) is 35.9 Å². The third-order valence-electron chi connectivity index (χ3n) is 5.27. The number of aliphatic imine (C=N–C) groups is 1. The predicted octanol–water partition coefficient (Wildman–Crippen LogP) is 4.04. The van der Waals surface area contributed by atoms with Crippen LogP contribution in [0.3, 0.4) is 0 Å². The lowest BCUT2D eigenvalue weighted by Crippen LogP contribution is -2.45. The van der Waals surface area contributed by atoms with Gasteiger partial charge in [0.2, 0.25) is 0 Å². The van der Waals surface area contributed by atoms with Gasteiger partial charge in [0.15, 0.2) is 5.17 Å². The Labute approximate surface area is 201 Å². The first-order valence-corrected chi connectivity index (χ1v) is 11.4. The standard InChI is InChI=1S/C25H23N3O5S/c1-4-33-24(31)21-15(2)26-25-28(22(21)16-10-12-18(32-3)13-11-16)20(29)14-19(34-25)23(30)27-17-8-6-5-7-9-17/h5-14,22H,4H2,1-3H3,(H,27,30)/t22-/m0/s1. The first-order chi connectivity index (χ1) is 16.4. The number of amides is 2. The number of hydrogen-bond donors (Lipinski definition) is 1. The average Bonchev–Trinajstić information content (AvgIpc) is 2.83. The van der Waals surface area contributed by atoms with Gasteiger partial charge in [0, 0.05) is 11.8 Å². The molecule has 2 heterocycles. The predicted molar refractivity (Wildman–Crippen MR) is 130 cm³/mol. The minimum atomic E-state index is -0.757. The van der Waals surface area contributed by atoms with Gasteiger partial charge in [0.1, 0.15) is 5.75 Å². The monoisotopic (exact) mass is 477 g/mol. The van der Waals surface area contributed by atoms with E-state index in [4.69, 9.17) is 9.47 Å². The number of carbonyl (C=O) groups excluding carboxylic acids is 3. The SMILES string of the molecule is CCOC(=O)C1=C(C)N=C2SC(C(=O)Nc3ccccc3)=CC(=O)N2[C@H]1c1ccc(OC)cc1. The van der Waals surface area contributed by atoms with Gasteiger partial charge in [0.25, 0.3) is 11.8 Å². The van der Waals surface area contributed by atoms with Gasteiger partial charge in [-0.15, -0.1) is 0 Å². The summed E-state index contributed by atoms with van der Waals surface area (Å²) >= 11 is 1.08. The Morgan fingerprint density at radius 1 is 1.12 bits per heavy atom. The number of thioether (sulfide) groups is 1. The number of amidine groups is 1. The molecule has 0 saturated heterocycles. The van der Waals surface area contributed by atoms with Crippen LogP contribution in [0.1, 0.15) is 25.5 Å². The van der Waals surface area contributed by atoms with E-state index in [0.29, 0.717) is 27.9 Å². The minimum Gasteiger partial charge on any atom is -0.497 e. The summed E-state index contributed by atoms with van der Waals surface area (Å²) in [6.45, 7) is 3.60. The van der Waals surface area contributed by atoms with Crippen molar-refractivity contribution in [1.82, 2.24) is 4.90 Å². The first-order valence-electron chi connectivity index (χ1n) is 10.6. The summed E-state index contributed by atoms with van der Waals surface area (Å²) in [4.78, 5) is 45.1. The highest BCUT2D eigenvalue weighted by Gasteiger charge is 2.42. The highest BCUT2D eigenvalue weighted by molar-refractivity contribution is 8.18. The topological polar surface area (TPSA) is 97.3 Å². The van der Waals surface area contributed by atoms with Crippen molar-refractivity contribution in [2.45, 2.75) is 19.9 Å². The van der Waals surface area contributed by atoms with E-state index < -0.39 is 23.8 Å². The largest absolute Gasteiger partial charge is 0.497 e. The molecule has 4 rings (SSSR count). The molecule has 2 aliphatic heterocycles. The summed E-state index contributed by atoms with van der Waals surface area (Å²) in [5, 5.41) is 3.10. The third kappa shape index (κ3) is 4.60. The molecule has 0 bridgehead atoms. The number of rotatable bonds is 6. The van der Waals surface area contributed by atoms with E-state index in [2.05, 4.69) is 10.3 Å². The summed E-state index contributed by atoms with van der Waals surface area (Å²) in [5.74, 6) is -0.763. The Bertz CT molecular complexity index is 1220. The molecule has 174 valence electrons. The minimum absolute atomic E-state index is 0.188. The van der Waals surface area contributed by atoms with Crippen LogP contribution in [-0.2, 0) is 19.1 Å². The Morgan fingerprint density at radius 3 is 2.47 bits per heavy atom. The fourth-order valence-electron chi connectivity index (χ4n) is 3.69.